The van der Waals surface area contributed by atoms with Crippen LogP contribution in [0.15, 0.2) is 85.7 Å². The molecule has 0 spiro atoms. The first-order valence-corrected chi connectivity index (χ1v) is 10.9. The molecule has 0 aliphatic rings. The second kappa shape index (κ2) is 8.25. The molecule has 0 bridgehead atoms. The molecule has 7 nitrogen and oxygen atoms in total. The van der Waals surface area contributed by atoms with E-state index in [-0.39, 0.29) is 21.7 Å². The van der Waals surface area contributed by atoms with E-state index >= 15 is 0 Å². The number of aromatic nitrogens is 1. The predicted octanol–water partition coefficient (Wildman–Crippen LogP) is 5.56. The highest BCUT2D eigenvalue weighted by molar-refractivity contribution is 7.91. The van der Waals surface area contributed by atoms with E-state index in [4.69, 9.17) is 25.2 Å². The molecule has 2 aromatic carbocycles. The molecular weight excluding hydrogens is 428 g/mol. The molecule has 0 atom stereocenters. The van der Waals surface area contributed by atoms with Gasteiger partial charge in [-0.1, -0.05) is 11.6 Å². The van der Waals surface area contributed by atoms with Gasteiger partial charge in [0.15, 0.2) is 5.76 Å². The lowest BCUT2D eigenvalue weighted by molar-refractivity contribution is 0.340. The third kappa shape index (κ3) is 4.05. The smallest absolute Gasteiger partial charge is 0.266 e. The fraction of sp³-hybridized carbons (Fsp3) is 0.0952. The number of sulfone groups is 1. The Morgan fingerprint density at radius 3 is 2.43 bits per heavy atom. The monoisotopic (exact) mass is 444 g/mol. The zero-order chi connectivity index (χ0) is 21.1. The van der Waals surface area contributed by atoms with Crippen molar-refractivity contribution in [2.24, 2.45) is 0 Å². The van der Waals surface area contributed by atoms with Crippen LogP contribution in [-0.2, 0) is 9.84 Å². The fourth-order valence-electron chi connectivity index (χ4n) is 2.73. The molecule has 2 aromatic heterocycles. The summed E-state index contributed by atoms with van der Waals surface area (Å²) in [5.41, 5.74) is 0.605. The summed E-state index contributed by atoms with van der Waals surface area (Å²) in [6.07, 6.45) is 1.45. The molecule has 2 heterocycles. The minimum atomic E-state index is -3.99. The number of hydrogen-bond donors (Lipinski definition) is 1. The number of ether oxygens (including phenoxy) is 1. The van der Waals surface area contributed by atoms with Crippen molar-refractivity contribution in [3.63, 3.8) is 0 Å². The van der Waals surface area contributed by atoms with Gasteiger partial charge in [0.05, 0.1) is 17.8 Å². The summed E-state index contributed by atoms with van der Waals surface area (Å²) in [6.45, 7) is 2.44. The van der Waals surface area contributed by atoms with Gasteiger partial charge in [0.2, 0.25) is 20.7 Å². The minimum Gasteiger partial charge on any atom is -0.494 e. The molecular formula is C21H17ClN2O5S. The maximum Gasteiger partial charge on any atom is 0.266 e. The fourth-order valence-corrected chi connectivity index (χ4v) is 4.11. The van der Waals surface area contributed by atoms with Crippen LogP contribution in [0, 0.1) is 0 Å². The van der Waals surface area contributed by atoms with E-state index in [2.05, 4.69) is 10.3 Å². The number of benzene rings is 2. The molecule has 0 fully saturated rings. The standard InChI is InChI=1S/C21H17ClN2O5S/c1-2-27-16-9-7-15(8-10-16)23-20-21(24-19(29-20)18-4-3-13-28-18)30(25,26)17-11-5-14(22)6-12-17/h3-13,23H,2H2,1H3. The van der Waals surface area contributed by atoms with E-state index in [1.165, 1.54) is 30.5 Å². The Morgan fingerprint density at radius 2 is 1.80 bits per heavy atom. The highest BCUT2D eigenvalue weighted by atomic mass is 35.5. The Labute approximate surface area is 178 Å². The number of anilines is 2. The lowest BCUT2D eigenvalue weighted by atomic mass is 10.3. The van der Waals surface area contributed by atoms with Crippen LogP contribution in [0.3, 0.4) is 0 Å². The maximum atomic E-state index is 13.2. The van der Waals surface area contributed by atoms with E-state index in [1.807, 2.05) is 6.92 Å². The molecule has 30 heavy (non-hydrogen) atoms. The van der Waals surface area contributed by atoms with Crippen LogP contribution in [0.4, 0.5) is 11.6 Å². The topological polar surface area (TPSA) is 94.6 Å². The number of oxazole rings is 1. The Hall–Kier alpha value is -3.23. The van der Waals surface area contributed by atoms with Gasteiger partial charge >= 0.3 is 0 Å². The summed E-state index contributed by atoms with van der Waals surface area (Å²) in [5.74, 6) is 1.02. The molecule has 154 valence electrons. The van der Waals surface area contributed by atoms with Crippen LogP contribution in [0.5, 0.6) is 5.75 Å². The predicted molar refractivity (Wildman–Crippen MR) is 112 cm³/mol. The second-order valence-electron chi connectivity index (χ2n) is 6.17. The van der Waals surface area contributed by atoms with E-state index in [1.54, 1.807) is 36.4 Å². The first-order chi connectivity index (χ1) is 14.5. The van der Waals surface area contributed by atoms with Crippen LogP contribution >= 0.6 is 11.6 Å². The van der Waals surface area contributed by atoms with Crippen LogP contribution < -0.4 is 10.1 Å². The molecule has 4 aromatic rings. The molecule has 0 saturated heterocycles. The first-order valence-electron chi connectivity index (χ1n) is 9.02. The summed E-state index contributed by atoms with van der Waals surface area (Å²) in [5, 5.41) is 3.15. The van der Waals surface area contributed by atoms with Gasteiger partial charge in [0.25, 0.3) is 5.89 Å². The van der Waals surface area contributed by atoms with Crippen molar-refractivity contribution in [2.45, 2.75) is 16.8 Å². The van der Waals surface area contributed by atoms with E-state index in [0.717, 1.165) is 0 Å². The van der Waals surface area contributed by atoms with Gasteiger partial charge in [0.1, 0.15) is 5.75 Å². The highest BCUT2D eigenvalue weighted by Gasteiger charge is 2.29. The number of halogens is 1. The average molecular weight is 445 g/mol. The average Bonchev–Trinajstić information content (AvgIpc) is 3.40. The van der Waals surface area contributed by atoms with Gasteiger partial charge < -0.3 is 18.9 Å². The molecule has 0 aliphatic heterocycles. The third-order valence-electron chi connectivity index (χ3n) is 4.13. The Balaban J connectivity index is 1.76. The minimum absolute atomic E-state index is 0.0273. The van der Waals surface area contributed by atoms with Gasteiger partial charge in [-0.2, -0.15) is 4.98 Å². The summed E-state index contributed by atoms with van der Waals surface area (Å²) in [6, 6.07) is 16.2. The molecule has 1 N–H and O–H groups in total. The van der Waals surface area contributed by atoms with E-state index in [0.29, 0.717) is 28.8 Å². The van der Waals surface area contributed by atoms with Crippen LogP contribution in [0.1, 0.15) is 6.92 Å². The summed E-state index contributed by atoms with van der Waals surface area (Å²) in [4.78, 5) is 4.24. The normalized spacial score (nSPS) is 11.4. The van der Waals surface area contributed by atoms with Crippen LogP contribution in [0.25, 0.3) is 11.7 Å². The number of hydrogen-bond acceptors (Lipinski definition) is 7. The Bertz CT molecular complexity index is 1230. The van der Waals surface area contributed by atoms with Crippen molar-refractivity contribution >= 4 is 33.0 Å². The van der Waals surface area contributed by atoms with E-state index in [9.17, 15) is 8.42 Å². The van der Waals surface area contributed by atoms with Gasteiger partial charge in [-0.25, -0.2) is 8.42 Å². The van der Waals surface area contributed by atoms with Crippen molar-refractivity contribution in [1.82, 2.24) is 4.98 Å². The number of nitrogens with zero attached hydrogens (tertiary/aromatic N) is 1. The lowest BCUT2D eigenvalue weighted by Crippen LogP contribution is -2.05. The van der Waals surface area contributed by atoms with Crippen LogP contribution in [0.2, 0.25) is 5.02 Å². The maximum absolute atomic E-state index is 13.2. The van der Waals surface area contributed by atoms with Crippen LogP contribution in [-0.4, -0.2) is 20.0 Å². The Morgan fingerprint density at radius 1 is 1.07 bits per heavy atom. The number of furan rings is 1. The lowest BCUT2D eigenvalue weighted by Gasteiger charge is -2.08. The zero-order valence-electron chi connectivity index (χ0n) is 15.8. The zero-order valence-corrected chi connectivity index (χ0v) is 17.4. The second-order valence-corrected chi connectivity index (χ2v) is 8.47. The largest absolute Gasteiger partial charge is 0.494 e. The molecule has 0 unspecified atom stereocenters. The summed E-state index contributed by atoms with van der Waals surface area (Å²) in [7, 11) is -3.99. The summed E-state index contributed by atoms with van der Waals surface area (Å²) >= 11 is 5.89. The van der Waals surface area contributed by atoms with E-state index < -0.39 is 9.84 Å². The third-order valence-corrected chi connectivity index (χ3v) is 6.06. The van der Waals surface area contributed by atoms with Gasteiger partial charge in [-0.15, -0.1) is 0 Å². The van der Waals surface area contributed by atoms with Gasteiger partial charge in [-0.05, 0) is 67.6 Å². The SMILES string of the molecule is CCOc1ccc(Nc2oc(-c3ccco3)nc2S(=O)(=O)c2ccc(Cl)cc2)cc1. The van der Waals surface area contributed by atoms with Crippen molar-refractivity contribution in [2.75, 3.05) is 11.9 Å². The Kier molecular flexibility index (Phi) is 5.52. The molecule has 0 radical (unpaired) electrons. The summed E-state index contributed by atoms with van der Waals surface area (Å²) < 4.78 is 42.9. The number of rotatable bonds is 7. The van der Waals surface area contributed by atoms with Crippen molar-refractivity contribution in [3.05, 3.63) is 71.9 Å². The molecule has 0 aliphatic carbocycles. The van der Waals surface area contributed by atoms with Crippen molar-refractivity contribution in [3.8, 4) is 17.4 Å². The quantitative estimate of drug-likeness (QED) is 0.398. The molecule has 0 saturated carbocycles. The molecule has 4 rings (SSSR count). The van der Waals surface area contributed by atoms with Gasteiger partial charge in [-0.3, -0.25) is 0 Å². The number of nitrogens with one attached hydrogen (secondary N) is 1. The van der Waals surface area contributed by atoms with Gasteiger partial charge in [0, 0.05) is 10.7 Å². The van der Waals surface area contributed by atoms with Crippen molar-refractivity contribution < 1.29 is 22.0 Å². The van der Waals surface area contributed by atoms with Crippen molar-refractivity contribution in [1.29, 1.82) is 0 Å². The molecule has 9 heteroatoms. The first kappa shape index (κ1) is 20.1. The molecule has 0 amide bonds. The highest BCUT2D eigenvalue weighted by Crippen LogP contribution is 2.34.